The molecule has 0 fully saturated rings. The summed E-state index contributed by atoms with van der Waals surface area (Å²) >= 11 is 6.16. The second-order valence-electron chi connectivity index (χ2n) is 6.54. The van der Waals surface area contributed by atoms with E-state index in [0.29, 0.717) is 17.0 Å². The standard InChI is InChI=1S/C23H17ClFNO2/c1-28-23(27)16-4-2-3-14(11-16)12-20-19-10-7-17(24)13-21(19)26-22(20)15-5-8-18(25)9-6-15/h2-11,13,26H,12H2,1H3. The lowest BCUT2D eigenvalue weighted by atomic mass is 9.97. The molecule has 0 aliphatic carbocycles. The largest absolute Gasteiger partial charge is 0.465 e. The summed E-state index contributed by atoms with van der Waals surface area (Å²) in [6.07, 6.45) is 0.596. The third kappa shape index (κ3) is 3.51. The molecule has 5 heteroatoms. The monoisotopic (exact) mass is 393 g/mol. The Bertz CT molecular complexity index is 1170. The van der Waals surface area contributed by atoms with Crippen molar-refractivity contribution in [3.63, 3.8) is 0 Å². The fourth-order valence-electron chi connectivity index (χ4n) is 3.40. The summed E-state index contributed by atoms with van der Waals surface area (Å²) in [7, 11) is 1.37. The van der Waals surface area contributed by atoms with Crippen molar-refractivity contribution in [2.75, 3.05) is 7.11 Å². The van der Waals surface area contributed by atoms with Crippen molar-refractivity contribution in [3.05, 3.63) is 94.3 Å². The van der Waals surface area contributed by atoms with Crippen molar-refractivity contribution in [2.24, 2.45) is 0 Å². The molecule has 1 N–H and O–H groups in total. The van der Waals surface area contributed by atoms with Crippen LogP contribution in [0.2, 0.25) is 5.02 Å². The maximum absolute atomic E-state index is 13.4. The van der Waals surface area contributed by atoms with Gasteiger partial charge in [0.25, 0.3) is 0 Å². The third-order valence-electron chi connectivity index (χ3n) is 4.73. The lowest BCUT2D eigenvalue weighted by molar-refractivity contribution is 0.0600. The van der Waals surface area contributed by atoms with E-state index in [1.807, 2.05) is 36.4 Å². The molecule has 0 unspecified atom stereocenters. The Labute approximate surface area is 166 Å². The summed E-state index contributed by atoms with van der Waals surface area (Å²) in [6.45, 7) is 0. The molecule has 0 aliphatic rings. The Balaban J connectivity index is 1.84. The number of H-pyrrole nitrogens is 1. The first-order valence-corrected chi connectivity index (χ1v) is 9.16. The zero-order chi connectivity index (χ0) is 19.7. The Kier molecular flexibility index (Phi) is 4.88. The van der Waals surface area contributed by atoms with E-state index >= 15 is 0 Å². The van der Waals surface area contributed by atoms with Crippen LogP contribution in [-0.4, -0.2) is 18.1 Å². The molecule has 140 valence electrons. The van der Waals surface area contributed by atoms with Crippen LogP contribution in [0.3, 0.4) is 0 Å². The van der Waals surface area contributed by atoms with Crippen LogP contribution in [0, 0.1) is 5.82 Å². The first-order chi connectivity index (χ1) is 13.5. The molecule has 0 aliphatic heterocycles. The van der Waals surface area contributed by atoms with Gasteiger partial charge in [0.05, 0.1) is 18.4 Å². The molecule has 4 rings (SSSR count). The van der Waals surface area contributed by atoms with Crippen LogP contribution in [-0.2, 0) is 11.2 Å². The Morgan fingerprint density at radius 2 is 1.86 bits per heavy atom. The van der Waals surface area contributed by atoms with Crippen molar-refractivity contribution in [2.45, 2.75) is 6.42 Å². The van der Waals surface area contributed by atoms with Crippen molar-refractivity contribution in [1.29, 1.82) is 0 Å². The van der Waals surface area contributed by atoms with Gasteiger partial charge in [-0.15, -0.1) is 0 Å². The van der Waals surface area contributed by atoms with Crippen LogP contribution in [0.5, 0.6) is 0 Å². The third-order valence-corrected chi connectivity index (χ3v) is 4.97. The molecule has 0 saturated heterocycles. The molecule has 28 heavy (non-hydrogen) atoms. The number of carbonyl (C=O) groups excluding carboxylic acids is 1. The van der Waals surface area contributed by atoms with Gasteiger partial charge in [0, 0.05) is 22.3 Å². The number of aromatic amines is 1. The van der Waals surface area contributed by atoms with Crippen LogP contribution in [0.15, 0.2) is 66.7 Å². The number of ether oxygens (including phenoxy) is 1. The van der Waals surface area contributed by atoms with E-state index in [1.165, 1.54) is 19.2 Å². The second kappa shape index (κ2) is 7.49. The molecular weight excluding hydrogens is 377 g/mol. The summed E-state index contributed by atoms with van der Waals surface area (Å²) in [5.41, 5.74) is 5.23. The van der Waals surface area contributed by atoms with Gasteiger partial charge < -0.3 is 9.72 Å². The second-order valence-corrected chi connectivity index (χ2v) is 6.98. The summed E-state index contributed by atoms with van der Waals surface area (Å²) in [5.74, 6) is -0.651. The molecule has 0 bridgehead atoms. The molecule has 0 radical (unpaired) electrons. The predicted molar refractivity (Wildman–Crippen MR) is 109 cm³/mol. The maximum atomic E-state index is 13.4. The van der Waals surface area contributed by atoms with E-state index in [1.54, 1.807) is 18.2 Å². The van der Waals surface area contributed by atoms with E-state index in [9.17, 15) is 9.18 Å². The quantitative estimate of drug-likeness (QED) is 0.432. The van der Waals surface area contributed by atoms with Crippen LogP contribution in [0.4, 0.5) is 4.39 Å². The number of nitrogens with one attached hydrogen (secondary N) is 1. The van der Waals surface area contributed by atoms with Crippen molar-refractivity contribution >= 4 is 28.5 Å². The first kappa shape index (κ1) is 18.3. The molecule has 3 nitrogen and oxygen atoms in total. The highest BCUT2D eigenvalue weighted by Gasteiger charge is 2.15. The Hall–Kier alpha value is -3.11. The molecule has 0 spiro atoms. The molecule has 3 aromatic carbocycles. The molecule has 4 aromatic rings. The number of halogens is 2. The lowest BCUT2D eigenvalue weighted by Gasteiger charge is -2.08. The van der Waals surface area contributed by atoms with Crippen LogP contribution < -0.4 is 0 Å². The minimum atomic E-state index is -0.369. The summed E-state index contributed by atoms with van der Waals surface area (Å²) < 4.78 is 18.2. The van der Waals surface area contributed by atoms with Gasteiger partial charge in [-0.3, -0.25) is 0 Å². The van der Waals surface area contributed by atoms with Gasteiger partial charge in [-0.05, 0) is 65.2 Å². The van der Waals surface area contributed by atoms with Gasteiger partial charge in [-0.2, -0.15) is 0 Å². The minimum Gasteiger partial charge on any atom is -0.465 e. The van der Waals surface area contributed by atoms with Crippen LogP contribution in [0.25, 0.3) is 22.2 Å². The summed E-state index contributed by atoms with van der Waals surface area (Å²) in [5, 5.41) is 1.67. The van der Waals surface area contributed by atoms with Gasteiger partial charge in [-0.25, -0.2) is 9.18 Å². The maximum Gasteiger partial charge on any atom is 0.337 e. The fourth-order valence-corrected chi connectivity index (χ4v) is 3.58. The molecule has 1 heterocycles. The van der Waals surface area contributed by atoms with Gasteiger partial charge in [0.1, 0.15) is 5.82 Å². The van der Waals surface area contributed by atoms with Gasteiger partial charge >= 0.3 is 5.97 Å². The number of esters is 1. The SMILES string of the molecule is COC(=O)c1cccc(Cc2c(-c3ccc(F)cc3)[nH]c3cc(Cl)ccc23)c1. The van der Waals surface area contributed by atoms with E-state index in [-0.39, 0.29) is 11.8 Å². The van der Waals surface area contributed by atoms with Gasteiger partial charge in [-0.1, -0.05) is 29.8 Å². The average Bonchev–Trinajstić information content (AvgIpc) is 3.05. The molecule has 0 atom stereocenters. The zero-order valence-electron chi connectivity index (χ0n) is 15.1. The lowest BCUT2D eigenvalue weighted by Crippen LogP contribution is -2.02. The number of benzene rings is 3. The number of carbonyl (C=O) groups is 1. The summed E-state index contributed by atoms with van der Waals surface area (Å²) in [4.78, 5) is 15.3. The van der Waals surface area contributed by atoms with E-state index in [4.69, 9.17) is 16.3 Å². The molecule has 0 saturated carbocycles. The van der Waals surface area contributed by atoms with Crippen molar-refractivity contribution < 1.29 is 13.9 Å². The first-order valence-electron chi connectivity index (χ1n) is 8.78. The number of aromatic nitrogens is 1. The zero-order valence-corrected chi connectivity index (χ0v) is 15.9. The number of fused-ring (bicyclic) bond motifs is 1. The predicted octanol–water partition coefficient (Wildman–Crippen LogP) is 6.00. The number of rotatable bonds is 4. The Morgan fingerprint density at radius 3 is 2.61 bits per heavy atom. The average molecular weight is 394 g/mol. The highest BCUT2D eigenvalue weighted by Crippen LogP contribution is 2.33. The number of hydrogen-bond acceptors (Lipinski definition) is 2. The van der Waals surface area contributed by atoms with Crippen LogP contribution in [0.1, 0.15) is 21.5 Å². The van der Waals surface area contributed by atoms with E-state index in [0.717, 1.165) is 33.3 Å². The smallest absolute Gasteiger partial charge is 0.337 e. The normalized spacial score (nSPS) is 11.0. The molecule has 0 amide bonds. The van der Waals surface area contributed by atoms with Crippen molar-refractivity contribution in [1.82, 2.24) is 4.98 Å². The Morgan fingerprint density at radius 1 is 1.07 bits per heavy atom. The molecule has 1 aromatic heterocycles. The molecular formula is C23H17ClFNO2. The fraction of sp³-hybridized carbons (Fsp3) is 0.0870. The van der Waals surface area contributed by atoms with Gasteiger partial charge in [0.2, 0.25) is 0 Å². The highest BCUT2D eigenvalue weighted by molar-refractivity contribution is 6.31. The minimum absolute atomic E-state index is 0.282. The van der Waals surface area contributed by atoms with Gasteiger partial charge in [0.15, 0.2) is 0 Å². The van der Waals surface area contributed by atoms with E-state index in [2.05, 4.69) is 4.98 Å². The highest BCUT2D eigenvalue weighted by atomic mass is 35.5. The van der Waals surface area contributed by atoms with Crippen molar-refractivity contribution in [3.8, 4) is 11.3 Å². The van der Waals surface area contributed by atoms with E-state index < -0.39 is 0 Å². The number of methoxy groups -OCH3 is 1. The van der Waals surface area contributed by atoms with Crippen LogP contribution >= 0.6 is 11.6 Å². The summed E-state index contributed by atoms with van der Waals surface area (Å²) in [6, 6.07) is 19.4. The number of hydrogen-bond donors (Lipinski definition) is 1. The topological polar surface area (TPSA) is 42.1 Å².